The number of H-pyrrole nitrogens is 1. The summed E-state index contributed by atoms with van der Waals surface area (Å²) in [4.78, 5) is 123. The Labute approximate surface area is 433 Å². The lowest BCUT2D eigenvalue weighted by atomic mass is 9.82. The van der Waals surface area contributed by atoms with Gasteiger partial charge in [0.2, 0.25) is 35.4 Å². The SMILES string of the molecule is CC[C@H](C)[C@@H](C(=O)N[C@@H](Cc1cnc[nH]1)C(=O)N1CCC[C@H]1C(=O)N[C@@H](Cc1ccccc1)C(=O)O)N1Cc2cc(NC(=O)[C@H](CCCN=C(N)N)NC(=O)[C@@H](N)CC(=O)O)ccc2[C@H](Cc2ccc(O)cc2)C1=O. The summed E-state index contributed by atoms with van der Waals surface area (Å²) in [7, 11) is 0. The lowest BCUT2D eigenvalue weighted by molar-refractivity contribution is -0.147. The fourth-order valence-corrected chi connectivity index (χ4v) is 9.44. The summed E-state index contributed by atoms with van der Waals surface area (Å²) >= 11 is 0. The minimum atomic E-state index is -1.45. The van der Waals surface area contributed by atoms with Crippen molar-refractivity contribution in [1.82, 2.24) is 35.7 Å². The normalized spacial score (nSPS) is 17.5. The summed E-state index contributed by atoms with van der Waals surface area (Å²) in [5.41, 5.74) is 20.1. The van der Waals surface area contributed by atoms with E-state index in [-0.39, 0.29) is 75.6 Å². The van der Waals surface area contributed by atoms with Gasteiger partial charge in [0.15, 0.2) is 5.96 Å². The number of nitrogens with two attached hydrogens (primary N) is 3. The molecule has 23 nitrogen and oxygen atoms in total. The van der Waals surface area contributed by atoms with E-state index in [9.17, 15) is 44.1 Å². The first-order chi connectivity index (χ1) is 35.8. The predicted molar refractivity (Wildman–Crippen MR) is 274 cm³/mol. The molecule has 23 heteroatoms. The highest BCUT2D eigenvalue weighted by Gasteiger charge is 2.44. The molecule has 400 valence electrons. The van der Waals surface area contributed by atoms with Crippen molar-refractivity contribution in [2.75, 3.05) is 18.4 Å². The zero-order chi connectivity index (χ0) is 54.3. The Hall–Kier alpha value is -8.34. The number of guanidine groups is 1. The lowest BCUT2D eigenvalue weighted by Crippen LogP contribution is -2.60. The van der Waals surface area contributed by atoms with E-state index < -0.39 is 102 Å². The molecule has 6 amide bonds. The molecule has 8 atom stereocenters. The summed E-state index contributed by atoms with van der Waals surface area (Å²) in [5.74, 6) is -7.89. The van der Waals surface area contributed by atoms with Gasteiger partial charge < -0.3 is 68.6 Å². The van der Waals surface area contributed by atoms with Crippen molar-refractivity contribution >= 4 is 59.0 Å². The molecule has 0 aliphatic carbocycles. The number of aromatic nitrogens is 2. The van der Waals surface area contributed by atoms with Crippen molar-refractivity contribution in [3.63, 3.8) is 0 Å². The van der Waals surface area contributed by atoms with E-state index in [1.807, 2.05) is 13.8 Å². The Bertz CT molecular complexity index is 2700. The second-order valence-corrected chi connectivity index (χ2v) is 19.0. The van der Waals surface area contributed by atoms with Gasteiger partial charge in [0.05, 0.1) is 24.7 Å². The number of imidazole rings is 1. The average molecular weight is 1040 g/mol. The third kappa shape index (κ3) is 15.1. The molecule has 0 spiro atoms. The number of likely N-dealkylation sites (tertiary alicyclic amines) is 1. The van der Waals surface area contributed by atoms with Gasteiger partial charge in [-0.1, -0.05) is 68.8 Å². The molecule has 1 fully saturated rings. The van der Waals surface area contributed by atoms with Crippen LogP contribution in [0.15, 0.2) is 90.3 Å². The number of aromatic hydroxyl groups is 1. The van der Waals surface area contributed by atoms with Gasteiger partial charge in [-0.25, -0.2) is 9.78 Å². The van der Waals surface area contributed by atoms with Crippen molar-refractivity contribution in [3.8, 4) is 5.75 Å². The minimum absolute atomic E-state index is 0.0135. The summed E-state index contributed by atoms with van der Waals surface area (Å²) in [6.45, 7) is 3.83. The van der Waals surface area contributed by atoms with Crippen molar-refractivity contribution < 1.29 is 53.7 Å². The van der Waals surface area contributed by atoms with Crippen LogP contribution in [0.1, 0.15) is 86.2 Å². The van der Waals surface area contributed by atoms with Gasteiger partial charge >= 0.3 is 11.9 Å². The van der Waals surface area contributed by atoms with Crippen LogP contribution in [0.25, 0.3) is 0 Å². The maximum absolute atomic E-state index is 15.1. The number of hydrogen-bond donors (Lipinski definition) is 11. The Morgan fingerprint density at radius 3 is 2.25 bits per heavy atom. The molecule has 0 unspecified atom stereocenters. The van der Waals surface area contributed by atoms with Gasteiger partial charge in [0, 0.05) is 50.1 Å². The van der Waals surface area contributed by atoms with Crippen LogP contribution >= 0.6 is 0 Å². The third-order valence-electron chi connectivity index (χ3n) is 13.5. The van der Waals surface area contributed by atoms with Crippen molar-refractivity contribution in [3.05, 3.63) is 113 Å². The number of carbonyl (C=O) groups is 8. The number of carboxylic acid groups (broad SMARTS) is 2. The molecule has 2 aliphatic heterocycles. The van der Waals surface area contributed by atoms with Gasteiger partial charge in [0.25, 0.3) is 0 Å². The van der Waals surface area contributed by atoms with E-state index >= 15 is 9.59 Å². The van der Waals surface area contributed by atoms with Crippen molar-refractivity contribution in [2.24, 2.45) is 28.1 Å². The number of aliphatic carboxylic acids is 2. The maximum Gasteiger partial charge on any atom is 0.326 e. The standard InChI is InChI=1S/C52H66N12O11/c1-3-29(2)44(48(71)61-40(24-34-26-56-28-58-34)50(73)63-20-8-12-42(63)47(70)62-41(51(74)75)22-30-9-5-4-6-10-30)64-27-32-23-33(15-18-36(32)37(49(64)72)21-31-13-16-35(65)17-14-31)59-46(69)39(11-7-19-57-52(54)55)60-45(68)38(53)25-43(66)67/h4-6,9-10,13-18,23,26,28-29,37-42,44,65H,3,7-8,11-12,19-22,24-25,27,53H2,1-2H3,(H,56,58)(H,59,69)(H,60,68)(H,61,71)(H,62,70)(H,66,67)(H,74,75)(H4,54,55,57)/t29-,37-,38-,39-,40-,41-,42-,44-/m0/s1. The molecule has 0 saturated carbocycles. The number of aliphatic imine (C=N–C) groups is 1. The number of carbonyl (C=O) groups excluding carboxylic acids is 6. The molecule has 14 N–H and O–H groups in total. The fourth-order valence-electron chi connectivity index (χ4n) is 9.44. The number of amides is 6. The number of rotatable bonds is 25. The van der Waals surface area contributed by atoms with Gasteiger partial charge in [-0.2, -0.15) is 0 Å². The molecule has 6 rings (SSSR count). The molecular weight excluding hydrogens is 969 g/mol. The van der Waals surface area contributed by atoms with Crippen molar-refractivity contribution in [1.29, 1.82) is 0 Å². The summed E-state index contributed by atoms with van der Waals surface area (Å²) in [5, 5.41) is 40.3. The van der Waals surface area contributed by atoms with E-state index in [1.54, 1.807) is 60.7 Å². The number of hydrogen-bond acceptors (Lipinski definition) is 12. The highest BCUT2D eigenvalue weighted by molar-refractivity contribution is 5.99. The number of anilines is 1. The molecule has 75 heavy (non-hydrogen) atoms. The molecule has 0 bridgehead atoms. The van der Waals surface area contributed by atoms with Crippen LogP contribution in [-0.4, -0.2) is 138 Å². The molecule has 2 aliphatic rings. The van der Waals surface area contributed by atoms with Crippen LogP contribution in [0.5, 0.6) is 5.75 Å². The Balaban J connectivity index is 1.29. The predicted octanol–water partition coefficient (Wildman–Crippen LogP) is 1.01. The molecular formula is C52H66N12O11. The van der Waals surface area contributed by atoms with Gasteiger partial charge in [-0.05, 0) is 84.5 Å². The Morgan fingerprint density at radius 1 is 0.880 bits per heavy atom. The van der Waals surface area contributed by atoms with Crippen molar-refractivity contribution in [2.45, 2.75) is 120 Å². The topological polar surface area (TPSA) is 371 Å². The van der Waals surface area contributed by atoms with Crippen LogP contribution in [0.4, 0.5) is 5.69 Å². The van der Waals surface area contributed by atoms with Gasteiger partial charge in [-0.3, -0.25) is 38.6 Å². The number of phenolic OH excluding ortho intramolecular Hbond substituents is 1. The third-order valence-corrected chi connectivity index (χ3v) is 13.5. The number of aromatic amines is 1. The molecule has 1 aromatic heterocycles. The fraction of sp³-hybridized carbons (Fsp3) is 0.423. The zero-order valence-electron chi connectivity index (χ0n) is 41.8. The highest BCUT2D eigenvalue weighted by Crippen LogP contribution is 2.37. The van der Waals surface area contributed by atoms with Crippen LogP contribution in [0, 0.1) is 5.92 Å². The van der Waals surface area contributed by atoms with E-state index in [4.69, 9.17) is 17.2 Å². The van der Waals surface area contributed by atoms with Crippen LogP contribution < -0.4 is 38.5 Å². The first-order valence-corrected chi connectivity index (χ1v) is 24.8. The van der Waals surface area contributed by atoms with E-state index in [1.165, 1.54) is 34.5 Å². The summed E-state index contributed by atoms with van der Waals surface area (Å²) < 4.78 is 0. The minimum Gasteiger partial charge on any atom is -0.508 e. The first-order valence-electron chi connectivity index (χ1n) is 24.8. The van der Waals surface area contributed by atoms with E-state index in [0.717, 1.165) is 0 Å². The smallest absolute Gasteiger partial charge is 0.326 e. The van der Waals surface area contributed by atoms with E-state index in [2.05, 4.69) is 36.2 Å². The molecule has 0 radical (unpaired) electrons. The Morgan fingerprint density at radius 2 is 1.60 bits per heavy atom. The van der Waals surface area contributed by atoms with Gasteiger partial charge in [0.1, 0.15) is 36.0 Å². The van der Waals surface area contributed by atoms with Crippen LogP contribution in [0.3, 0.4) is 0 Å². The molecule has 1 saturated heterocycles. The number of nitrogens with zero attached hydrogens (tertiary/aromatic N) is 4. The average Bonchev–Trinajstić information content (AvgIpc) is 4.09. The number of nitrogens with one attached hydrogen (secondary N) is 5. The van der Waals surface area contributed by atoms with E-state index in [0.29, 0.717) is 40.8 Å². The number of benzene rings is 3. The summed E-state index contributed by atoms with van der Waals surface area (Å²) in [6.07, 6.45) is 3.72. The number of phenols is 1. The molecule has 3 heterocycles. The first kappa shape index (κ1) is 56.0. The second kappa shape index (κ2) is 26.0. The van der Waals surface area contributed by atoms with Gasteiger partial charge in [-0.15, -0.1) is 0 Å². The largest absolute Gasteiger partial charge is 0.508 e. The highest BCUT2D eigenvalue weighted by atomic mass is 16.4. The number of carboxylic acids is 2. The molecule has 3 aromatic carbocycles. The van der Waals surface area contributed by atoms with Crippen LogP contribution in [-0.2, 0) is 64.2 Å². The second-order valence-electron chi connectivity index (χ2n) is 19.0. The maximum atomic E-state index is 15.1. The molecule has 4 aromatic rings. The monoisotopic (exact) mass is 1030 g/mol. The van der Waals surface area contributed by atoms with Crippen LogP contribution in [0.2, 0.25) is 0 Å². The zero-order valence-corrected chi connectivity index (χ0v) is 41.8. The lowest BCUT2D eigenvalue weighted by Gasteiger charge is -2.41. The number of fused-ring (bicyclic) bond motifs is 1. The quantitative estimate of drug-likeness (QED) is 0.0251. The Kier molecular flexibility index (Phi) is 19.4. The summed E-state index contributed by atoms with van der Waals surface area (Å²) in [6, 6.07) is 12.7.